The largest absolute Gasteiger partial charge is 0.378 e. The summed E-state index contributed by atoms with van der Waals surface area (Å²) in [5.41, 5.74) is 3.36. The van der Waals surface area contributed by atoms with Gasteiger partial charge in [0.25, 0.3) is 0 Å². The van der Waals surface area contributed by atoms with Crippen LogP contribution in [0.3, 0.4) is 0 Å². The summed E-state index contributed by atoms with van der Waals surface area (Å²) in [5.74, 6) is 0. The number of aryl methyl sites for hydroxylation is 1. The van der Waals surface area contributed by atoms with Gasteiger partial charge in [-0.15, -0.1) is 11.3 Å². The summed E-state index contributed by atoms with van der Waals surface area (Å²) < 4.78 is 6.15. The van der Waals surface area contributed by atoms with E-state index < -0.39 is 0 Å². The third-order valence-electron chi connectivity index (χ3n) is 2.20. The van der Waals surface area contributed by atoms with Crippen LogP contribution in [0, 0.1) is 6.92 Å². The Balaban J connectivity index is 2.35. The van der Waals surface area contributed by atoms with E-state index in [1.807, 2.05) is 5.38 Å². The molecule has 0 aliphatic carbocycles. The predicted molar refractivity (Wildman–Crippen MR) is 70.7 cm³/mol. The van der Waals surface area contributed by atoms with Crippen molar-refractivity contribution in [3.8, 4) is 10.6 Å². The zero-order valence-corrected chi connectivity index (χ0v) is 11.6. The first kappa shape index (κ1) is 11.8. The first-order valence-corrected chi connectivity index (χ1v) is 6.58. The van der Waals surface area contributed by atoms with E-state index in [0.717, 1.165) is 20.7 Å². The zero-order valence-electron chi connectivity index (χ0n) is 9.16. The summed E-state index contributed by atoms with van der Waals surface area (Å²) in [6.07, 6.45) is 0. The number of benzene rings is 1. The molecule has 0 radical (unpaired) electrons. The van der Waals surface area contributed by atoms with Gasteiger partial charge in [-0.3, -0.25) is 0 Å². The Hall–Kier alpha value is -0.710. The molecule has 0 bridgehead atoms. The fraction of sp³-hybridized carbons (Fsp3) is 0.250. The molecule has 0 fully saturated rings. The summed E-state index contributed by atoms with van der Waals surface area (Å²) in [5, 5.41) is 3.06. The molecule has 0 saturated carbocycles. The van der Waals surface area contributed by atoms with Crippen LogP contribution in [0.5, 0.6) is 0 Å². The Morgan fingerprint density at radius 1 is 1.44 bits per heavy atom. The number of aromatic nitrogens is 1. The molecule has 2 rings (SSSR count). The maximum atomic E-state index is 5.06. The van der Waals surface area contributed by atoms with Crippen molar-refractivity contribution < 1.29 is 4.74 Å². The number of ether oxygens (including phenoxy) is 1. The normalized spacial score (nSPS) is 10.7. The Morgan fingerprint density at radius 3 is 2.94 bits per heavy atom. The average Bonchev–Trinajstić information content (AvgIpc) is 2.67. The van der Waals surface area contributed by atoms with E-state index in [1.165, 1.54) is 5.56 Å². The second-order valence-electron chi connectivity index (χ2n) is 3.56. The molecule has 0 spiro atoms. The van der Waals surface area contributed by atoms with E-state index in [2.05, 4.69) is 46.0 Å². The Labute approximate surface area is 107 Å². The summed E-state index contributed by atoms with van der Waals surface area (Å²) >= 11 is 5.21. The molecular formula is C12H12BrNOS. The first-order chi connectivity index (χ1) is 7.70. The van der Waals surface area contributed by atoms with Crippen molar-refractivity contribution in [3.63, 3.8) is 0 Å². The van der Waals surface area contributed by atoms with Crippen LogP contribution in [0.2, 0.25) is 0 Å². The van der Waals surface area contributed by atoms with Crippen LogP contribution in [0.15, 0.2) is 28.1 Å². The Kier molecular flexibility index (Phi) is 3.74. The van der Waals surface area contributed by atoms with Gasteiger partial charge in [-0.1, -0.05) is 28.1 Å². The van der Waals surface area contributed by atoms with Gasteiger partial charge in [0.1, 0.15) is 5.01 Å². The minimum Gasteiger partial charge on any atom is -0.378 e. The molecule has 2 nitrogen and oxygen atoms in total. The molecule has 16 heavy (non-hydrogen) atoms. The summed E-state index contributed by atoms with van der Waals surface area (Å²) in [4.78, 5) is 4.52. The SMILES string of the molecule is COCc1csc(-c2ccc(C)cc2Br)n1. The monoisotopic (exact) mass is 297 g/mol. The van der Waals surface area contributed by atoms with E-state index in [9.17, 15) is 0 Å². The van der Waals surface area contributed by atoms with Gasteiger partial charge in [-0.05, 0) is 18.6 Å². The molecule has 84 valence electrons. The molecule has 0 N–H and O–H groups in total. The van der Waals surface area contributed by atoms with Gasteiger partial charge in [0.2, 0.25) is 0 Å². The zero-order chi connectivity index (χ0) is 11.5. The van der Waals surface area contributed by atoms with Gasteiger partial charge in [-0.2, -0.15) is 0 Å². The maximum Gasteiger partial charge on any atom is 0.124 e. The van der Waals surface area contributed by atoms with Crippen LogP contribution in [0.25, 0.3) is 10.6 Å². The van der Waals surface area contributed by atoms with Gasteiger partial charge in [0.05, 0.1) is 12.3 Å². The van der Waals surface area contributed by atoms with Crippen molar-refractivity contribution in [2.75, 3.05) is 7.11 Å². The molecule has 0 aliphatic heterocycles. The Bertz CT molecular complexity index is 496. The van der Waals surface area contributed by atoms with Gasteiger partial charge in [0, 0.05) is 22.5 Å². The van der Waals surface area contributed by atoms with Crippen LogP contribution in [-0.2, 0) is 11.3 Å². The van der Waals surface area contributed by atoms with Crippen molar-refractivity contribution in [1.29, 1.82) is 0 Å². The van der Waals surface area contributed by atoms with E-state index in [-0.39, 0.29) is 0 Å². The van der Waals surface area contributed by atoms with Crippen molar-refractivity contribution in [1.82, 2.24) is 4.98 Å². The van der Waals surface area contributed by atoms with Gasteiger partial charge in [-0.25, -0.2) is 4.98 Å². The van der Waals surface area contributed by atoms with Crippen molar-refractivity contribution in [2.24, 2.45) is 0 Å². The topological polar surface area (TPSA) is 22.1 Å². The standard InChI is InChI=1S/C12H12BrNOS/c1-8-3-4-10(11(13)5-8)12-14-9(6-15-2)7-16-12/h3-5,7H,6H2,1-2H3. The number of hydrogen-bond acceptors (Lipinski definition) is 3. The lowest BCUT2D eigenvalue weighted by Crippen LogP contribution is -1.87. The molecule has 0 unspecified atom stereocenters. The van der Waals surface area contributed by atoms with Crippen molar-refractivity contribution >= 4 is 27.3 Å². The molecule has 0 atom stereocenters. The number of methoxy groups -OCH3 is 1. The fourth-order valence-corrected chi connectivity index (χ4v) is 3.09. The van der Waals surface area contributed by atoms with Crippen LogP contribution in [-0.4, -0.2) is 12.1 Å². The Morgan fingerprint density at radius 2 is 2.25 bits per heavy atom. The lowest BCUT2D eigenvalue weighted by atomic mass is 10.2. The third-order valence-corrected chi connectivity index (χ3v) is 3.78. The van der Waals surface area contributed by atoms with E-state index in [4.69, 9.17) is 4.74 Å². The maximum absolute atomic E-state index is 5.06. The average molecular weight is 298 g/mol. The number of thiazole rings is 1. The van der Waals surface area contributed by atoms with Gasteiger partial charge in [0.15, 0.2) is 0 Å². The highest BCUT2D eigenvalue weighted by atomic mass is 79.9. The van der Waals surface area contributed by atoms with Crippen LogP contribution in [0.4, 0.5) is 0 Å². The molecule has 0 saturated heterocycles. The highest BCUT2D eigenvalue weighted by molar-refractivity contribution is 9.10. The molecule has 2 aromatic rings. The van der Waals surface area contributed by atoms with E-state index in [1.54, 1.807) is 18.4 Å². The number of nitrogens with zero attached hydrogens (tertiary/aromatic N) is 1. The summed E-state index contributed by atoms with van der Waals surface area (Å²) in [7, 11) is 1.68. The minimum atomic E-state index is 0.569. The minimum absolute atomic E-state index is 0.569. The fourth-order valence-electron chi connectivity index (χ4n) is 1.44. The molecule has 1 aromatic carbocycles. The van der Waals surface area contributed by atoms with Crippen LogP contribution >= 0.6 is 27.3 Å². The lowest BCUT2D eigenvalue weighted by Gasteiger charge is -2.01. The van der Waals surface area contributed by atoms with Crippen molar-refractivity contribution in [2.45, 2.75) is 13.5 Å². The van der Waals surface area contributed by atoms with E-state index in [0.29, 0.717) is 6.61 Å². The molecule has 1 aromatic heterocycles. The molecule has 1 heterocycles. The second-order valence-corrected chi connectivity index (χ2v) is 5.27. The van der Waals surface area contributed by atoms with Gasteiger partial charge >= 0.3 is 0 Å². The van der Waals surface area contributed by atoms with E-state index >= 15 is 0 Å². The summed E-state index contributed by atoms with van der Waals surface area (Å²) in [6.45, 7) is 2.65. The van der Waals surface area contributed by atoms with Gasteiger partial charge < -0.3 is 4.74 Å². The third kappa shape index (κ3) is 2.51. The van der Waals surface area contributed by atoms with Crippen LogP contribution < -0.4 is 0 Å². The molecule has 4 heteroatoms. The molecular weight excluding hydrogens is 286 g/mol. The highest BCUT2D eigenvalue weighted by Gasteiger charge is 2.08. The first-order valence-electron chi connectivity index (χ1n) is 4.90. The number of hydrogen-bond donors (Lipinski definition) is 0. The number of halogens is 1. The quantitative estimate of drug-likeness (QED) is 0.853. The smallest absolute Gasteiger partial charge is 0.124 e. The summed E-state index contributed by atoms with van der Waals surface area (Å²) in [6, 6.07) is 6.29. The van der Waals surface area contributed by atoms with Crippen molar-refractivity contribution in [3.05, 3.63) is 39.3 Å². The molecule has 0 amide bonds. The number of rotatable bonds is 3. The lowest BCUT2D eigenvalue weighted by molar-refractivity contribution is 0.182. The second kappa shape index (κ2) is 5.08. The highest BCUT2D eigenvalue weighted by Crippen LogP contribution is 2.31. The predicted octanol–water partition coefficient (Wildman–Crippen LogP) is 4.03. The van der Waals surface area contributed by atoms with Crippen LogP contribution in [0.1, 0.15) is 11.3 Å². The molecule has 0 aliphatic rings.